The zero-order valence-electron chi connectivity index (χ0n) is 16.3. The van der Waals surface area contributed by atoms with Crippen LogP contribution < -0.4 is 4.90 Å². The van der Waals surface area contributed by atoms with E-state index >= 15 is 0 Å². The quantitative estimate of drug-likeness (QED) is 0.279. The second kappa shape index (κ2) is 11.1. The fourth-order valence-corrected chi connectivity index (χ4v) is 2.96. The van der Waals surface area contributed by atoms with Crippen molar-refractivity contribution < 1.29 is 26.6 Å². The smallest absolute Gasteiger partial charge is 0.468 e. The molecular weight excluding hydrogens is 406 g/mol. The van der Waals surface area contributed by atoms with Gasteiger partial charge in [-0.15, -0.1) is 12.1 Å². The summed E-state index contributed by atoms with van der Waals surface area (Å²) in [6, 6.07) is 27.2. The number of aromatic nitrogens is 2. The summed E-state index contributed by atoms with van der Waals surface area (Å²) >= 11 is 0. The Labute approximate surface area is 181 Å². The normalized spacial score (nSPS) is 10.8. The van der Waals surface area contributed by atoms with Gasteiger partial charge in [0, 0.05) is 11.8 Å². The summed E-state index contributed by atoms with van der Waals surface area (Å²) in [5.41, 5.74) is 2.87. The molecule has 0 saturated carbocycles. The Balaban J connectivity index is 0.000000437. The molecule has 1 aromatic heterocycles. The molecular formula is C23H23FeN3O2. The largest absolute Gasteiger partial charge is 2.00 e. The Bertz CT molecular complexity index is 930. The number of methoxy groups -OCH3 is 1. The molecule has 1 atom stereocenters. The van der Waals surface area contributed by atoms with Gasteiger partial charge < -0.3 is 14.7 Å². The average molecular weight is 429 g/mol. The minimum Gasteiger partial charge on any atom is -0.468 e. The Hall–Kier alpha value is -3.08. The molecule has 5 nitrogen and oxygen atoms in total. The van der Waals surface area contributed by atoms with Crippen LogP contribution in [0.5, 0.6) is 0 Å². The van der Waals surface area contributed by atoms with Gasteiger partial charge in [0.05, 0.1) is 12.9 Å². The van der Waals surface area contributed by atoms with E-state index in [4.69, 9.17) is 4.74 Å². The van der Waals surface area contributed by atoms with Crippen molar-refractivity contribution in [3.8, 4) is 11.1 Å². The minimum absolute atomic E-state index is 0. The molecule has 0 aliphatic heterocycles. The second-order valence-electron chi connectivity index (χ2n) is 6.17. The predicted octanol–water partition coefficient (Wildman–Crippen LogP) is 4.90. The van der Waals surface area contributed by atoms with Crippen LogP contribution in [0.1, 0.15) is 6.92 Å². The van der Waals surface area contributed by atoms with Gasteiger partial charge in [-0.3, -0.25) is 0 Å². The summed E-state index contributed by atoms with van der Waals surface area (Å²) in [5, 5.41) is 7.20. The SMILES string of the molecule is COC(=O)[C@H](C)N(c1[nH]ncc1-c1ccccc1)[c-]1cccc1.[Fe+2].c1cc[cH-]c1. The molecule has 4 aromatic rings. The zero-order valence-corrected chi connectivity index (χ0v) is 17.4. The Morgan fingerprint density at radius 2 is 1.76 bits per heavy atom. The molecule has 1 N–H and O–H groups in total. The van der Waals surface area contributed by atoms with E-state index in [1.54, 1.807) is 6.20 Å². The third-order valence-corrected chi connectivity index (χ3v) is 4.35. The van der Waals surface area contributed by atoms with Crippen molar-refractivity contribution in [2.24, 2.45) is 0 Å². The number of anilines is 2. The number of aromatic amines is 1. The fraction of sp³-hybridized carbons (Fsp3) is 0.130. The second-order valence-corrected chi connectivity index (χ2v) is 6.17. The summed E-state index contributed by atoms with van der Waals surface area (Å²) < 4.78 is 4.92. The van der Waals surface area contributed by atoms with Gasteiger partial charge in [-0.05, 0) is 18.2 Å². The fourth-order valence-electron chi connectivity index (χ4n) is 2.96. The van der Waals surface area contributed by atoms with Gasteiger partial charge in [0.2, 0.25) is 0 Å². The Kier molecular flexibility index (Phi) is 8.46. The molecule has 29 heavy (non-hydrogen) atoms. The number of esters is 1. The van der Waals surface area contributed by atoms with E-state index in [0.29, 0.717) is 0 Å². The zero-order chi connectivity index (χ0) is 19.8. The van der Waals surface area contributed by atoms with Crippen LogP contribution in [0.3, 0.4) is 0 Å². The number of hydrogen-bond donors (Lipinski definition) is 1. The number of nitrogens with one attached hydrogen (secondary N) is 1. The third kappa shape index (κ3) is 5.47. The Morgan fingerprint density at radius 1 is 1.10 bits per heavy atom. The van der Waals surface area contributed by atoms with Crippen LogP contribution in [-0.4, -0.2) is 29.3 Å². The van der Waals surface area contributed by atoms with Crippen LogP contribution in [0.25, 0.3) is 11.1 Å². The summed E-state index contributed by atoms with van der Waals surface area (Å²) in [7, 11) is 1.40. The number of benzene rings is 1. The third-order valence-electron chi connectivity index (χ3n) is 4.35. The molecule has 0 aliphatic carbocycles. The van der Waals surface area contributed by atoms with Crippen molar-refractivity contribution in [1.29, 1.82) is 0 Å². The number of rotatable bonds is 5. The van der Waals surface area contributed by atoms with E-state index in [9.17, 15) is 4.79 Å². The number of carbonyl (C=O) groups excluding carboxylic acids is 1. The minimum atomic E-state index is -0.481. The maximum Gasteiger partial charge on any atom is 2.00 e. The molecule has 0 fully saturated rings. The first-order valence-corrected chi connectivity index (χ1v) is 9.06. The van der Waals surface area contributed by atoms with Gasteiger partial charge in [0.1, 0.15) is 6.04 Å². The monoisotopic (exact) mass is 429 g/mol. The van der Waals surface area contributed by atoms with Crippen molar-refractivity contribution in [2.75, 3.05) is 12.0 Å². The molecule has 0 radical (unpaired) electrons. The summed E-state index contributed by atoms with van der Waals surface area (Å²) in [5.74, 6) is 0.458. The number of carbonyl (C=O) groups is 1. The number of H-pyrrole nitrogens is 1. The maximum atomic E-state index is 12.1. The van der Waals surface area contributed by atoms with Crippen molar-refractivity contribution >= 4 is 17.5 Å². The van der Waals surface area contributed by atoms with Crippen molar-refractivity contribution in [1.82, 2.24) is 10.2 Å². The van der Waals surface area contributed by atoms with E-state index in [0.717, 1.165) is 22.6 Å². The van der Waals surface area contributed by atoms with Gasteiger partial charge in [-0.1, -0.05) is 30.3 Å². The van der Waals surface area contributed by atoms with E-state index < -0.39 is 6.04 Å². The number of hydrogen-bond acceptors (Lipinski definition) is 4. The van der Waals surface area contributed by atoms with E-state index in [2.05, 4.69) is 10.2 Å². The molecule has 0 bridgehead atoms. The first-order valence-electron chi connectivity index (χ1n) is 9.06. The van der Waals surface area contributed by atoms with Crippen LogP contribution in [0, 0.1) is 0 Å². The molecule has 0 aliphatic rings. The van der Waals surface area contributed by atoms with Gasteiger partial charge in [0.15, 0.2) is 0 Å². The van der Waals surface area contributed by atoms with Crippen molar-refractivity contribution in [3.05, 3.63) is 91.1 Å². The number of ether oxygens (including phenoxy) is 1. The summed E-state index contributed by atoms with van der Waals surface area (Å²) in [6.45, 7) is 1.81. The molecule has 0 saturated heterocycles. The van der Waals surface area contributed by atoms with Crippen LogP contribution in [0.2, 0.25) is 0 Å². The van der Waals surface area contributed by atoms with Crippen molar-refractivity contribution in [3.63, 3.8) is 0 Å². The summed E-state index contributed by atoms with van der Waals surface area (Å²) in [6.07, 6.45) is 1.77. The van der Waals surface area contributed by atoms with Crippen LogP contribution in [0.15, 0.2) is 91.1 Å². The standard InChI is InChI=1S/C18H18N3O2.C5H5.Fe/c1-13(18(22)23-2)21(15-10-6-7-11-15)17-16(12-19-20-17)14-8-4-3-5-9-14;1-2-4-5-3-1;/h3-13H,1-2H3,(H,19,20);1-5H;/q2*-1;+2/t13-;;/m0../s1. The molecule has 6 heteroatoms. The van der Waals surface area contributed by atoms with Crippen molar-refractivity contribution in [2.45, 2.75) is 13.0 Å². The molecule has 0 spiro atoms. The Morgan fingerprint density at radius 3 is 2.31 bits per heavy atom. The topological polar surface area (TPSA) is 58.2 Å². The average Bonchev–Trinajstić information content (AvgIpc) is 3.52. The molecule has 4 rings (SSSR count). The maximum absolute atomic E-state index is 12.1. The van der Waals surface area contributed by atoms with Gasteiger partial charge in [0.25, 0.3) is 0 Å². The molecule has 0 amide bonds. The predicted molar refractivity (Wildman–Crippen MR) is 112 cm³/mol. The molecule has 150 valence electrons. The van der Waals surface area contributed by atoms with Crippen LogP contribution in [0.4, 0.5) is 11.5 Å². The first kappa shape index (κ1) is 22.2. The van der Waals surface area contributed by atoms with E-state index in [1.807, 2.05) is 96.8 Å². The van der Waals surface area contributed by atoms with Gasteiger partial charge in [-0.25, -0.2) is 16.9 Å². The van der Waals surface area contributed by atoms with Crippen LogP contribution in [-0.2, 0) is 26.6 Å². The van der Waals surface area contributed by atoms with E-state index in [-0.39, 0.29) is 23.0 Å². The van der Waals surface area contributed by atoms with Gasteiger partial charge in [-0.2, -0.15) is 35.4 Å². The molecule has 0 unspecified atom stereocenters. The van der Waals surface area contributed by atoms with Gasteiger partial charge >= 0.3 is 23.0 Å². The van der Waals surface area contributed by atoms with Crippen LogP contribution >= 0.6 is 0 Å². The molecule has 1 heterocycles. The summed E-state index contributed by atoms with van der Waals surface area (Å²) in [4.78, 5) is 14.0. The molecule has 3 aromatic carbocycles. The number of nitrogens with zero attached hydrogens (tertiary/aromatic N) is 2. The first-order chi connectivity index (χ1) is 13.7. The van der Waals surface area contributed by atoms with E-state index in [1.165, 1.54) is 7.11 Å².